The van der Waals surface area contributed by atoms with E-state index in [1.54, 1.807) is 0 Å². The molecule has 0 saturated heterocycles. The molecular formula is C18H21ClN6S. The van der Waals surface area contributed by atoms with Crippen LogP contribution < -0.4 is 5.32 Å². The van der Waals surface area contributed by atoms with Gasteiger partial charge in [0.2, 0.25) is 0 Å². The first kappa shape index (κ1) is 18.4. The highest BCUT2D eigenvalue weighted by Gasteiger charge is 2.09. The number of benzene rings is 1. The Kier molecular flexibility index (Phi) is 5.90. The molecular weight excluding hydrogens is 368 g/mol. The van der Waals surface area contributed by atoms with Crippen LogP contribution in [0, 0.1) is 0 Å². The first-order valence-electron chi connectivity index (χ1n) is 8.36. The number of anilines is 1. The molecule has 0 bridgehead atoms. The van der Waals surface area contributed by atoms with Gasteiger partial charge in [0.15, 0.2) is 10.9 Å². The number of thiocarbonyl (C=S) groups is 1. The standard InChI is InChI=1S/C18H21ClN6S/c1-3-24-10-8-16(21-24)13-23(2)18(26)20-17-9-11-25(22-17)12-14-4-6-15(19)7-5-14/h4-11H,3,12-13H2,1-2H3,(H,20,22,26). The summed E-state index contributed by atoms with van der Waals surface area (Å²) in [5.41, 5.74) is 2.11. The van der Waals surface area contributed by atoms with E-state index in [-0.39, 0.29) is 0 Å². The predicted molar refractivity (Wildman–Crippen MR) is 108 cm³/mol. The Morgan fingerprint density at radius 3 is 2.54 bits per heavy atom. The SMILES string of the molecule is CCn1ccc(CN(C)C(=S)Nc2ccn(Cc3ccc(Cl)cc3)n2)n1. The van der Waals surface area contributed by atoms with Gasteiger partial charge in [-0.1, -0.05) is 23.7 Å². The Hall–Kier alpha value is -2.38. The average molecular weight is 389 g/mol. The van der Waals surface area contributed by atoms with Crippen molar-refractivity contribution in [2.24, 2.45) is 0 Å². The Balaban J connectivity index is 1.55. The number of rotatable bonds is 6. The molecule has 0 aliphatic rings. The quantitative estimate of drug-likeness (QED) is 0.653. The molecule has 0 radical (unpaired) electrons. The Bertz CT molecular complexity index is 870. The van der Waals surface area contributed by atoms with Crippen molar-refractivity contribution in [1.29, 1.82) is 0 Å². The van der Waals surface area contributed by atoms with E-state index in [0.717, 1.165) is 28.6 Å². The molecule has 8 heteroatoms. The van der Waals surface area contributed by atoms with Crippen molar-refractivity contribution in [2.75, 3.05) is 12.4 Å². The molecule has 1 N–H and O–H groups in total. The fourth-order valence-electron chi connectivity index (χ4n) is 2.48. The minimum Gasteiger partial charge on any atom is -0.346 e. The van der Waals surface area contributed by atoms with E-state index >= 15 is 0 Å². The third kappa shape index (κ3) is 4.83. The van der Waals surface area contributed by atoms with Crippen molar-refractivity contribution < 1.29 is 0 Å². The highest BCUT2D eigenvalue weighted by molar-refractivity contribution is 7.80. The lowest BCUT2D eigenvalue weighted by molar-refractivity contribution is 0.491. The van der Waals surface area contributed by atoms with Crippen molar-refractivity contribution in [3.8, 4) is 0 Å². The molecule has 136 valence electrons. The predicted octanol–water partition coefficient (Wildman–Crippen LogP) is 3.63. The normalized spacial score (nSPS) is 10.7. The van der Waals surface area contributed by atoms with Crippen LogP contribution in [0.2, 0.25) is 5.02 Å². The molecule has 2 aromatic heterocycles. The molecule has 6 nitrogen and oxygen atoms in total. The Morgan fingerprint density at radius 2 is 1.85 bits per heavy atom. The second kappa shape index (κ2) is 8.33. The molecule has 0 atom stereocenters. The van der Waals surface area contributed by atoms with Crippen LogP contribution in [0.1, 0.15) is 18.2 Å². The van der Waals surface area contributed by atoms with E-state index in [4.69, 9.17) is 23.8 Å². The van der Waals surface area contributed by atoms with Crippen LogP contribution in [0.5, 0.6) is 0 Å². The van der Waals surface area contributed by atoms with E-state index in [2.05, 4.69) is 22.4 Å². The molecule has 0 saturated carbocycles. The summed E-state index contributed by atoms with van der Waals surface area (Å²) in [6, 6.07) is 11.6. The zero-order valence-electron chi connectivity index (χ0n) is 14.8. The summed E-state index contributed by atoms with van der Waals surface area (Å²) >= 11 is 11.4. The maximum absolute atomic E-state index is 5.92. The monoisotopic (exact) mass is 388 g/mol. The number of nitrogens with one attached hydrogen (secondary N) is 1. The second-order valence-corrected chi connectivity index (χ2v) is 6.80. The van der Waals surface area contributed by atoms with Gasteiger partial charge in [-0.25, -0.2) is 0 Å². The largest absolute Gasteiger partial charge is 0.346 e. The molecule has 3 aromatic rings. The number of hydrogen-bond donors (Lipinski definition) is 1. The van der Waals surface area contributed by atoms with Gasteiger partial charge in [-0.15, -0.1) is 0 Å². The summed E-state index contributed by atoms with van der Waals surface area (Å²) in [4.78, 5) is 1.94. The van der Waals surface area contributed by atoms with Gasteiger partial charge < -0.3 is 10.2 Å². The number of halogens is 1. The van der Waals surface area contributed by atoms with E-state index in [1.165, 1.54) is 0 Å². The summed E-state index contributed by atoms with van der Waals surface area (Å²) in [5.74, 6) is 0.718. The van der Waals surface area contributed by atoms with Crippen LogP contribution in [0.25, 0.3) is 0 Å². The van der Waals surface area contributed by atoms with Crippen molar-refractivity contribution in [3.63, 3.8) is 0 Å². The minimum atomic E-state index is 0.604. The van der Waals surface area contributed by atoms with Gasteiger partial charge in [-0.05, 0) is 42.9 Å². The Morgan fingerprint density at radius 1 is 1.12 bits per heavy atom. The third-order valence-electron chi connectivity index (χ3n) is 3.90. The van der Waals surface area contributed by atoms with Crippen molar-refractivity contribution in [2.45, 2.75) is 26.6 Å². The third-order valence-corrected chi connectivity index (χ3v) is 4.56. The number of nitrogens with zero attached hydrogens (tertiary/aromatic N) is 5. The molecule has 2 heterocycles. The highest BCUT2D eigenvalue weighted by Crippen LogP contribution is 2.12. The van der Waals surface area contributed by atoms with Crippen LogP contribution in [-0.4, -0.2) is 36.6 Å². The number of hydrogen-bond acceptors (Lipinski definition) is 3. The summed E-state index contributed by atoms with van der Waals surface area (Å²) in [6.45, 7) is 4.24. The van der Waals surface area contributed by atoms with Crippen LogP contribution in [0.3, 0.4) is 0 Å². The van der Waals surface area contributed by atoms with Crippen molar-refractivity contribution in [3.05, 3.63) is 65.1 Å². The summed E-state index contributed by atoms with van der Waals surface area (Å²) in [5, 5.41) is 13.5. The maximum atomic E-state index is 5.92. The lowest BCUT2D eigenvalue weighted by Gasteiger charge is -2.19. The van der Waals surface area contributed by atoms with Gasteiger partial charge in [-0.3, -0.25) is 9.36 Å². The van der Waals surface area contributed by atoms with Crippen molar-refractivity contribution >= 4 is 34.7 Å². The fraction of sp³-hybridized carbons (Fsp3) is 0.278. The summed E-state index contributed by atoms with van der Waals surface area (Å²) in [6.07, 6.45) is 3.89. The van der Waals surface area contributed by atoms with Crippen LogP contribution in [0.15, 0.2) is 48.8 Å². The van der Waals surface area contributed by atoms with Gasteiger partial charge in [0, 0.05) is 37.1 Å². The van der Waals surface area contributed by atoms with Crippen LogP contribution >= 0.6 is 23.8 Å². The fourth-order valence-corrected chi connectivity index (χ4v) is 2.77. The Labute approximate surface area is 163 Å². The van der Waals surface area contributed by atoms with E-state index in [9.17, 15) is 0 Å². The molecule has 0 fully saturated rings. The maximum Gasteiger partial charge on any atom is 0.174 e. The van der Waals surface area contributed by atoms with Crippen LogP contribution in [-0.2, 0) is 19.6 Å². The second-order valence-electron chi connectivity index (χ2n) is 5.97. The lowest BCUT2D eigenvalue weighted by Crippen LogP contribution is -2.31. The van der Waals surface area contributed by atoms with Crippen molar-refractivity contribution in [1.82, 2.24) is 24.5 Å². The zero-order valence-corrected chi connectivity index (χ0v) is 16.3. The van der Waals surface area contributed by atoms with E-state index < -0.39 is 0 Å². The molecule has 1 aromatic carbocycles. The summed E-state index contributed by atoms with van der Waals surface area (Å²) in [7, 11) is 1.94. The van der Waals surface area contributed by atoms with Gasteiger partial charge in [0.1, 0.15) is 0 Å². The van der Waals surface area contributed by atoms with Gasteiger partial charge in [0.05, 0.1) is 18.8 Å². The molecule has 0 aliphatic heterocycles. The minimum absolute atomic E-state index is 0.604. The molecule has 0 amide bonds. The summed E-state index contributed by atoms with van der Waals surface area (Å²) < 4.78 is 3.76. The van der Waals surface area contributed by atoms with Crippen LogP contribution in [0.4, 0.5) is 5.82 Å². The molecule has 0 spiro atoms. The first-order valence-corrected chi connectivity index (χ1v) is 9.14. The molecule has 26 heavy (non-hydrogen) atoms. The molecule has 0 unspecified atom stereocenters. The number of aromatic nitrogens is 4. The molecule has 0 aliphatic carbocycles. The number of aryl methyl sites for hydroxylation is 1. The van der Waals surface area contributed by atoms with Gasteiger partial charge >= 0.3 is 0 Å². The smallest absolute Gasteiger partial charge is 0.174 e. The van der Waals surface area contributed by atoms with Gasteiger partial charge in [-0.2, -0.15) is 10.2 Å². The van der Waals surface area contributed by atoms with Gasteiger partial charge in [0.25, 0.3) is 0 Å². The highest BCUT2D eigenvalue weighted by atomic mass is 35.5. The zero-order chi connectivity index (χ0) is 18.5. The van der Waals surface area contributed by atoms with E-state index in [1.807, 2.05) is 70.1 Å². The lowest BCUT2D eigenvalue weighted by atomic mass is 10.2. The molecule has 3 rings (SSSR count). The topological polar surface area (TPSA) is 50.9 Å². The first-order chi connectivity index (χ1) is 12.5. The average Bonchev–Trinajstić information content (AvgIpc) is 3.26. The van der Waals surface area contributed by atoms with E-state index in [0.29, 0.717) is 18.2 Å².